The van der Waals surface area contributed by atoms with E-state index in [1.54, 1.807) is 6.20 Å². The highest BCUT2D eigenvalue weighted by molar-refractivity contribution is 5.83. The number of aromatic nitrogens is 3. The lowest BCUT2D eigenvalue weighted by atomic mass is 10.1. The molecule has 0 aliphatic rings. The highest BCUT2D eigenvalue weighted by atomic mass is 16.5. The number of nitrogens with zero attached hydrogens (tertiary/aromatic N) is 3. The van der Waals surface area contributed by atoms with Gasteiger partial charge in [0.25, 0.3) is 5.56 Å². The molecule has 2 heterocycles. The van der Waals surface area contributed by atoms with Crippen molar-refractivity contribution in [2.75, 3.05) is 26.9 Å². The maximum absolute atomic E-state index is 13.0. The Hall–Kier alpha value is -2.68. The van der Waals surface area contributed by atoms with Gasteiger partial charge in [-0.05, 0) is 13.3 Å². The van der Waals surface area contributed by atoms with Gasteiger partial charge in [-0.3, -0.25) is 14.2 Å². The highest BCUT2D eigenvalue weighted by Crippen LogP contribution is 2.25. The van der Waals surface area contributed by atoms with Crippen LogP contribution >= 0.6 is 0 Å². The second-order valence-electron chi connectivity index (χ2n) is 5.67. The summed E-state index contributed by atoms with van der Waals surface area (Å²) in [7, 11) is 3.03. The summed E-state index contributed by atoms with van der Waals surface area (Å²) in [4.78, 5) is 41.8. The molecule has 2 rings (SSSR count). The minimum absolute atomic E-state index is 0.206. The molecule has 0 atom stereocenters. The van der Waals surface area contributed by atoms with E-state index >= 15 is 0 Å². The third-order valence-corrected chi connectivity index (χ3v) is 3.98. The third kappa shape index (κ3) is 3.77. The van der Waals surface area contributed by atoms with Crippen LogP contribution in [0, 0.1) is 0 Å². The monoisotopic (exact) mass is 364 g/mol. The zero-order valence-corrected chi connectivity index (χ0v) is 15.5. The molecule has 0 saturated heterocycles. The molecule has 0 aliphatic heterocycles. The molecule has 26 heavy (non-hydrogen) atoms. The largest absolute Gasteiger partial charge is 0.493 e. The summed E-state index contributed by atoms with van der Waals surface area (Å²) in [6.45, 7) is 4.36. The van der Waals surface area contributed by atoms with Crippen molar-refractivity contribution < 1.29 is 14.3 Å². The van der Waals surface area contributed by atoms with E-state index in [1.807, 2.05) is 13.8 Å². The Morgan fingerprint density at radius 2 is 2.04 bits per heavy atom. The molecule has 0 aromatic carbocycles. The normalized spacial score (nSPS) is 10.9. The van der Waals surface area contributed by atoms with E-state index < -0.39 is 17.2 Å². The lowest BCUT2D eigenvalue weighted by Gasteiger charge is -2.15. The van der Waals surface area contributed by atoms with Gasteiger partial charge < -0.3 is 14.8 Å². The number of pyridine rings is 1. The molecule has 0 unspecified atom stereocenters. The number of rotatable bonds is 8. The lowest BCUT2D eigenvalue weighted by molar-refractivity contribution is -0.121. The van der Waals surface area contributed by atoms with Crippen molar-refractivity contribution in [1.82, 2.24) is 19.4 Å². The molecule has 2 aromatic heterocycles. The first kappa shape index (κ1) is 19.6. The number of ether oxygens (including phenoxy) is 2. The van der Waals surface area contributed by atoms with Gasteiger partial charge in [-0.1, -0.05) is 6.92 Å². The SMILES string of the molecule is CCOc1c(CC)cnc2c1c(=O)n(CC(=O)NCCOC)c(=O)n2C. The maximum Gasteiger partial charge on any atom is 0.332 e. The van der Waals surface area contributed by atoms with Crippen LogP contribution in [0.25, 0.3) is 11.0 Å². The number of aryl methyl sites for hydroxylation is 2. The van der Waals surface area contributed by atoms with Gasteiger partial charge in [-0.2, -0.15) is 0 Å². The number of methoxy groups -OCH3 is 1. The predicted octanol–water partition coefficient (Wildman–Crippen LogP) is -0.181. The van der Waals surface area contributed by atoms with Gasteiger partial charge >= 0.3 is 5.69 Å². The van der Waals surface area contributed by atoms with E-state index in [2.05, 4.69) is 10.3 Å². The first-order valence-corrected chi connectivity index (χ1v) is 8.46. The number of carbonyl (C=O) groups is 1. The number of nitrogens with one attached hydrogen (secondary N) is 1. The van der Waals surface area contributed by atoms with E-state index in [-0.39, 0.29) is 17.6 Å². The molecule has 9 heteroatoms. The molecular weight excluding hydrogens is 340 g/mol. The summed E-state index contributed by atoms with van der Waals surface area (Å²) in [5.41, 5.74) is -0.192. The molecule has 0 saturated carbocycles. The molecule has 0 radical (unpaired) electrons. The van der Waals surface area contributed by atoms with E-state index in [1.165, 1.54) is 18.7 Å². The predicted molar refractivity (Wildman–Crippen MR) is 96.7 cm³/mol. The molecule has 9 nitrogen and oxygen atoms in total. The molecule has 142 valence electrons. The Labute approximate surface area is 150 Å². The highest BCUT2D eigenvalue weighted by Gasteiger charge is 2.20. The van der Waals surface area contributed by atoms with Gasteiger partial charge in [0, 0.05) is 32.5 Å². The zero-order valence-electron chi connectivity index (χ0n) is 15.5. The Balaban J connectivity index is 2.61. The summed E-state index contributed by atoms with van der Waals surface area (Å²) in [6.07, 6.45) is 2.23. The van der Waals surface area contributed by atoms with Gasteiger partial charge in [0.05, 0.1) is 13.2 Å². The second-order valence-corrected chi connectivity index (χ2v) is 5.67. The van der Waals surface area contributed by atoms with E-state index in [9.17, 15) is 14.4 Å². The molecule has 0 aliphatic carbocycles. The van der Waals surface area contributed by atoms with E-state index in [0.717, 1.165) is 10.1 Å². The van der Waals surface area contributed by atoms with E-state index in [4.69, 9.17) is 9.47 Å². The van der Waals surface area contributed by atoms with Gasteiger partial charge in [0.1, 0.15) is 17.7 Å². The zero-order chi connectivity index (χ0) is 19.3. The molecule has 1 amide bonds. The summed E-state index contributed by atoms with van der Waals surface area (Å²) in [6, 6.07) is 0. The molecule has 0 spiro atoms. The summed E-state index contributed by atoms with van der Waals surface area (Å²) in [5.74, 6) is -0.0349. The van der Waals surface area contributed by atoms with Crippen LogP contribution in [0.1, 0.15) is 19.4 Å². The van der Waals surface area contributed by atoms with Crippen LogP contribution < -0.4 is 21.3 Å². The Kier molecular flexibility index (Phi) is 6.51. The number of hydrogen-bond acceptors (Lipinski definition) is 6. The smallest absolute Gasteiger partial charge is 0.332 e. The number of fused-ring (bicyclic) bond motifs is 1. The van der Waals surface area contributed by atoms with Crippen molar-refractivity contribution in [3.05, 3.63) is 32.6 Å². The van der Waals surface area contributed by atoms with Crippen LogP contribution in [-0.4, -0.2) is 46.9 Å². The van der Waals surface area contributed by atoms with Crippen LogP contribution in [-0.2, 0) is 29.5 Å². The maximum atomic E-state index is 13.0. The fraction of sp³-hybridized carbons (Fsp3) is 0.529. The van der Waals surface area contributed by atoms with Gasteiger partial charge in [-0.15, -0.1) is 0 Å². The Morgan fingerprint density at radius 1 is 1.31 bits per heavy atom. The first-order chi connectivity index (χ1) is 12.5. The summed E-state index contributed by atoms with van der Waals surface area (Å²) >= 11 is 0. The van der Waals surface area contributed by atoms with E-state index in [0.29, 0.717) is 31.9 Å². The van der Waals surface area contributed by atoms with Crippen molar-refractivity contribution in [2.45, 2.75) is 26.8 Å². The average Bonchev–Trinajstić information content (AvgIpc) is 2.63. The minimum Gasteiger partial charge on any atom is -0.493 e. The minimum atomic E-state index is -0.608. The van der Waals surface area contributed by atoms with Crippen LogP contribution in [0.5, 0.6) is 5.75 Å². The van der Waals surface area contributed by atoms with Crippen molar-refractivity contribution in [2.24, 2.45) is 7.05 Å². The lowest BCUT2D eigenvalue weighted by Crippen LogP contribution is -2.44. The average molecular weight is 364 g/mol. The number of amides is 1. The van der Waals surface area contributed by atoms with Crippen molar-refractivity contribution in [3.8, 4) is 5.75 Å². The first-order valence-electron chi connectivity index (χ1n) is 8.46. The quantitative estimate of drug-likeness (QED) is 0.652. The fourth-order valence-electron chi connectivity index (χ4n) is 2.66. The Morgan fingerprint density at radius 3 is 2.65 bits per heavy atom. The molecule has 2 aromatic rings. The molecule has 1 N–H and O–H groups in total. The van der Waals surface area contributed by atoms with Gasteiger partial charge in [0.2, 0.25) is 5.91 Å². The van der Waals surface area contributed by atoms with Crippen LogP contribution in [0.4, 0.5) is 0 Å². The molecule has 0 bridgehead atoms. The van der Waals surface area contributed by atoms with Crippen molar-refractivity contribution in [1.29, 1.82) is 0 Å². The van der Waals surface area contributed by atoms with Crippen molar-refractivity contribution >= 4 is 16.9 Å². The standard InChI is InChI=1S/C17H24N4O5/c1-5-11-9-19-15-13(14(11)26-6-2)16(23)21(17(24)20(15)3)10-12(22)18-7-8-25-4/h9H,5-8,10H2,1-4H3,(H,18,22). The van der Waals surface area contributed by atoms with Crippen LogP contribution in [0.15, 0.2) is 15.8 Å². The van der Waals surface area contributed by atoms with Crippen LogP contribution in [0.3, 0.4) is 0 Å². The second kappa shape index (κ2) is 8.61. The fourth-order valence-corrected chi connectivity index (χ4v) is 2.66. The molecular formula is C17H24N4O5. The van der Waals surface area contributed by atoms with Crippen LogP contribution in [0.2, 0.25) is 0 Å². The number of hydrogen-bond donors (Lipinski definition) is 1. The molecule has 0 fully saturated rings. The summed E-state index contributed by atoms with van der Waals surface area (Å²) in [5, 5.41) is 2.80. The topological polar surface area (TPSA) is 104 Å². The number of carbonyl (C=O) groups excluding carboxylic acids is 1. The Bertz CT molecular complexity index is 916. The van der Waals surface area contributed by atoms with Gasteiger partial charge in [-0.25, -0.2) is 14.3 Å². The third-order valence-electron chi connectivity index (χ3n) is 3.98. The van der Waals surface area contributed by atoms with Crippen molar-refractivity contribution in [3.63, 3.8) is 0 Å². The van der Waals surface area contributed by atoms with Gasteiger partial charge in [0.15, 0.2) is 5.65 Å². The summed E-state index contributed by atoms with van der Waals surface area (Å²) < 4.78 is 12.7.